The van der Waals surface area contributed by atoms with Gasteiger partial charge in [-0.15, -0.1) is 6.58 Å². The first-order valence-corrected chi connectivity index (χ1v) is 11.5. The minimum absolute atomic E-state index is 0.104. The predicted octanol–water partition coefficient (Wildman–Crippen LogP) is 0.288. The van der Waals surface area contributed by atoms with Crippen LogP contribution in [0.5, 0.6) is 0 Å². The summed E-state index contributed by atoms with van der Waals surface area (Å²) in [6, 6.07) is 0. The maximum atomic E-state index is 6.09. The molecule has 31 heavy (non-hydrogen) atoms. The van der Waals surface area contributed by atoms with E-state index in [9.17, 15) is 0 Å². The maximum Gasteiger partial charge on any atom is 0.104 e. The molecule has 3 aliphatic heterocycles. The van der Waals surface area contributed by atoms with Crippen molar-refractivity contribution in [2.24, 2.45) is 0 Å². The average molecular weight is 447 g/mol. The largest absolute Gasteiger partial charge is 0.378 e. The second-order valence-corrected chi connectivity index (χ2v) is 7.53. The molecule has 0 N–H and O–H groups in total. The molecule has 1 atom stereocenters. The Hall–Kier alpha value is -0.620. The van der Waals surface area contributed by atoms with Gasteiger partial charge in [-0.3, -0.25) is 9.80 Å². The van der Waals surface area contributed by atoms with Crippen LogP contribution in [0.4, 0.5) is 0 Å². The highest BCUT2D eigenvalue weighted by molar-refractivity contribution is 4.66. The Morgan fingerprint density at radius 2 is 1.10 bits per heavy atom. The second kappa shape index (κ2) is 18.9. The second-order valence-electron chi connectivity index (χ2n) is 7.53. The van der Waals surface area contributed by atoms with Crippen molar-refractivity contribution in [1.29, 1.82) is 0 Å². The maximum absolute atomic E-state index is 6.09. The molecule has 9 nitrogen and oxygen atoms in total. The van der Waals surface area contributed by atoms with E-state index >= 15 is 0 Å². The Morgan fingerprint density at radius 1 is 0.645 bits per heavy atom. The average Bonchev–Trinajstić information content (AvgIpc) is 2.77. The fraction of sp³-hybridized carbons (Fsp3) is 0.909. The van der Waals surface area contributed by atoms with Gasteiger partial charge in [0.2, 0.25) is 0 Å². The Bertz CT molecular complexity index is 411. The number of hydrogen-bond acceptors (Lipinski definition) is 9. The lowest BCUT2D eigenvalue weighted by atomic mass is 10.4. The van der Waals surface area contributed by atoms with Gasteiger partial charge >= 0.3 is 0 Å². The molecule has 0 spiro atoms. The summed E-state index contributed by atoms with van der Waals surface area (Å²) in [5.74, 6) is 0. The number of rotatable bonds is 4. The molecule has 3 heterocycles. The molecular weight excluding hydrogens is 404 g/mol. The van der Waals surface area contributed by atoms with Gasteiger partial charge in [0.15, 0.2) is 0 Å². The van der Waals surface area contributed by atoms with E-state index in [1.54, 1.807) is 6.08 Å². The molecule has 2 bridgehead atoms. The molecule has 0 amide bonds. The van der Waals surface area contributed by atoms with Gasteiger partial charge in [-0.25, -0.2) is 0 Å². The standard InChI is InChI=1S/C22H42N2O7/c1-2-9-29-20-22-21-30-14-7-23-3-10-25-16-18-27-12-5-24(8-15-31-22)6-13-28-19-17-26-11-4-23/h2,22H,1,3-21H2. The zero-order valence-electron chi connectivity index (χ0n) is 19.0. The van der Waals surface area contributed by atoms with Crippen LogP contribution >= 0.6 is 0 Å². The fourth-order valence-electron chi connectivity index (χ4n) is 3.27. The third kappa shape index (κ3) is 14.2. The molecule has 0 aliphatic carbocycles. The van der Waals surface area contributed by atoms with Crippen molar-refractivity contribution in [3.05, 3.63) is 12.7 Å². The van der Waals surface area contributed by atoms with Gasteiger partial charge in [0.25, 0.3) is 0 Å². The third-order valence-electron chi connectivity index (χ3n) is 5.11. The van der Waals surface area contributed by atoms with E-state index in [4.69, 9.17) is 33.2 Å². The highest BCUT2D eigenvalue weighted by Gasteiger charge is 2.13. The summed E-state index contributed by atoms with van der Waals surface area (Å²) in [4.78, 5) is 4.60. The lowest BCUT2D eigenvalue weighted by Gasteiger charge is -2.26. The number of hydrogen-bond donors (Lipinski definition) is 0. The van der Waals surface area contributed by atoms with E-state index in [1.165, 1.54) is 0 Å². The highest BCUT2D eigenvalue weighted by atomic mass is 16.6. The van der Waals surface area contributed by atoms with Crippen molar-refractivity contribution in [3.63, 3.8) is 0 Å². The molecule has 0 aromatic heterocycles. The van der Waals surface area contributed by atoms with Crippen LogP contribution in [0.1, 0.15) is 0 Å². The zero-order chi connectivity index (χ0) is 21.8. The van der Waals surface area contributed by atoms with Crippen LogP contribution in [-0.2, 0) is 33.2 Å². The number of ether oxygens (including phenoxy) is 7. The van der Waals surface area contributed by atoms with E-state index in [1.807, 2.05) is 0 Å². The molecule has 3 saturated heterocycles. The lowest BCUT2D eigenvalue weighted by Crippen LogP contribution is -2.38. The van der Waals surface area contributed by atoms with Gasteiger partial charge in [0, 0.05) is 39.3 Å². The van der Waals surface area contributed by atoms with Crippen molar-refractivity contribution in [1.82, 2.24) is 9.80 Å². The summed E-state index contributed by atoms with van der Waals surface area (Å²) in [6.45, 7) is 16.4. The first-order valence-electron chi connectivity index (χ1n) is 11.5. The van der Waals surface area contributed by atoms with Crippen LogP contribution in [0.2, 0.25) is 0 Å². The molecule has 3 aliphatic rings. The van der Waals surface area contributed by atoms with Gasteiger partial charge in [0.05, 0.1) is 85.9 Å². The third-order valence-corrected chi connectivity index (χ3v) is 5.11. The van der Waals surface area contributed by atoms with E-state index < -0.39 is 0 Å². The van der Waals surface area contributed by atoms with E-state index in [-0.39, 0.29) is 6.10 Å². The fourth-order valence-corrected chi connectivity index (χ4v) is 3.27. The summed E-state index contributed by atoms with van der Waals surface area (Å²) < 4.78 is 40.6. The minimum atomic E-state index is -0.104. The van der Waals surface area contributed by atoms with Gasteiger partial charge in [0.1, 0.15) is 6.10 Å². The van der Waals surface area contributed by atoms with Crippen molar-refractivity contribution >= 4 is 0 Å². The Labute approximate surface area is 187 Å². The molecule has 0 aromatic carbocycles. The Morgan fingerprint density at radius 3 is 1.58 bits per heavy atom. The molecule has 0 saturated carbocycles. The monoisotopic (exact) mass is 446 g/mol. The molecule has 3 fully saturated rings. The quantitative estimate of drug-likeness (QED) is 0.448. The Kier molecular flexibility index (Phi) is 16.2. The molecule has 0 radical (unpaired) electrons. The number of nitrogens with zero attached hydrogens (tertiary/aromatic N) is 2. The van der Waals surface area contributed by atoms with Crippen LogP contribution in [0.15, 0.2) is 12.7 Å². The summed E-state index contributed by atoms with van der Waals surface area (Å²) in [6.07, 6.45) is 1.64. The van der Waals surface area contributed by atoms with Crippen LogP contribution in [0, 0.1) is 0 Å². The highest BCUT2D eigenvalue weighted by Crippen LogP contribution is 2.00. The topological polar surface area (TPSA) is 71.1 Å². The molecule has 3 rings (SSSR count). The predicted molar refractivity (Wildman–Crippen MR) is 118 cm³/mol. The van der Waals surface area contributed by atoms with Crippen LogP contribution in [0.25, 0.3) is 0 Å². The summed E-state index contributed by atoms with van der Waals surface area (Å²) in [5.41, 5.74) is 0. The van der Waals surface area contributed by atoms with Crippen molar-refractivity contribution in [3.8, 4) is 0 Å². The minimum Gasteiger partial charge on any atom is -0.378 e. The van der Waals surface area contributed by atoms with E-state index in [0.29, 0.717) is 85.9 Å². The van der Waals surface area contributed by atoms with Gasteiger partial charge in [-0.1, -0.05) is 6.08 Å². The first-order chi connectivity index (χ1) is 15.4. The zero-order valence-corrected chi connectivity index (χ0v) is 19.0. The van der Waals surface area contributed by atoms with Crippen LogP contribution in [-0.4, -0.2) is 141 Å². The molecule has 0 aromatic rings. The smallest absolute Gasteiger partial charge is 0.104 e. The van der Waals surface area contributed by atoms with Crippen LogP contribution < -0.4 is 0 Å². The lowest BCUT2D eigenvalue weighted by molar-refractivity contribution is -0.0669. The van der Waals surface area contributed by atoms with Crippen LogP contribution in [0.3, 0.4) is 0 Å². The molecule has 9 heteroatoms. The van der Waals surface area contributed by atoms with Gasteiger partial charge in [-0.05, 0) is 0 Å². The van der Waals surface area contributed by atoms with E-state index in [0.717, 1.165) is 39.3 Å². The number of fused-ring (bicyclic) bond motifs is 21. The normalized spacial score (nSPS) is 29.7. The SMILES string of the molecule is C=CCOCC1COCCN2CCOCCOCCN(CCOCCOCC2)CCO1. The van der Waals surface area contributed by atoms with Gasteiger partial charge < -0.3 is 33.2 Å². The first kappa shape index (κ1) is 26.6. The summed E-state index contributed by atoms with van der Waals surface area (Å²) in [7, 11) is 0. The molecular formula is C22H42N2O7. The summed E-state index contributed by atoms with van der Waals surface area (Å²) in [5, 5.41) is 0. The van der Waals surface area contributed by atoms with Crippen molar-refractivity contribution < 1.29 is 33.2 Å². The van der Waals surface area contributed by atoms with Crippen molar-refractivity contribution in [2.75, 3.05) is 125 Å². The molecule has 182 valence electrons. The van der Waals surface area contributed by atoms with Gasteiger partial charge in [-0.2, -0.15) is 0 Å². The van der Waals surface area contributed by atoms with Crippen molar-refractivity contribution in [2.45, 2.75) is 6.10 Å². The summed E-state index contributed by atoms with van der Waals surface area (Å²) >= 11 is 0. The Balaban J connectivity index is 1.96. The van der Waals surface area contributed by atoms with E-state index in [2.05, 4.69) is 16.4 Å². The molecule has 1 unspecified atom stereocenters.